The SMILES string of the molecule is CC(C)N1C(=O)CC(C(=O)O)C1c1occc1Br. The lowest BCUT2D eigenvalue weighted by Gasteiger charge is -2.29. The van der Waals surface area contributed by atoms with Gasteiger partial charge in [-0.15, -0.1) is 0 Å². The number of hydrogen-bond donors (Lipinski definition) is 1. The van der Waals surface area contributed by atoms with Gasteiger partial charge in [-0.25, -0.2) is 0 Å². The van der Waals surface area contributed by atoms with Gasteiger partial charge in [-0.3, -0.25) is 9.59 Å². The lowest BCUT2D eigenvalue weighted by atomic mass is 9.98. The van der Waals surface area contributed by atoms with Gasteiger partial charge in [0, 0.05) is 12.5 Å². The normalized spacial score (nSPS) is 24.0. The maximum atomic E-state index is 12.0. The fraction of sp³-hybridized carbons (Fsp3) is 0.500. The summed E-state index contributed by atoms with van der Waals surface area (Å²) in [5, 5.41) is 9.25. The van der Waals surface area contributed by atoms with Crippen molar-refractivity contribution in [2.45, 2.75) is 32.4 Å². The summed E-state index contributed by atoms with van der Waals surface area (Å²) in [6, 6.07) is 1.10. The van der Waals surface area contributed by atoms with E-state index in [4.69, 9.17) is 4.42 Å². The Morgan fingerprint density at radius 1 is 1.61 bits per heavy atom. The Hall–Kier alpha value is -1.30. The molecule has 2 heterocycles. The maximum Gasteiger partial charge on any atom is 0.309 e. The van der Waals surface area contributed by atoms with Crippen LogP contribution in [0.25, 0.3) is 0 Å². The van der Waals surface area contributed by atoms with Gasteiger partial charge in [-0.1, -0.05) is 0 Å². The van der Waals surface area contributed by atoms with Gasteiger partial charge in [0.1, 0.15) is 11.8 Å². The number of furan rings is 1. The van der Waals surface area contributed by atoms with Gasteiger partial charge in [0.05, 0.1) is 16.7 Å². The first-order valence-electron chi connectivity index (χ1n) is 5.70. The van der Waals surface area contributed by atoms with E-state index < -0.39 is 17.9 Å². The molecule has 6 heteroatoms. The van der Waals surface area contributed by atoms with Crippen molar-refractivity contribution < 1.29 is 19.1 Å². The van der Waals surface area contributed by atoms with Crippen LogP contribution in [0.1, 0.15) is 32.1 Å². The first-order valence-corrected chi connectivity index (χ1v) is 6.49. The minimum atomic E-state index is -0.972. The highest BCUT2D eigenvalue weighted by molar-refractivity contribution is 9.10. The van der Waals surface area contributed by atoms with Crippen molar-refractivity contribution in [3.63, 3.8) is 0 Å². The molecule has 1 fully saturated rings. The molecule has 0 radical (unpaired) electrons. The Morgan fingerprint density at radius 3 is 2.72 bits per heavy atom. The van der Waals surface area contributed by atoms with Gasteiger partial charge in [0.25, 0.3) is 0 Å². The van der Waals surface area contributed by atoms with Crippen molar-refractivity contribution in [1.82, 2.24) is 4.90 Å². The van der Waals surface area contributed by atoms with Gasteiger partial charge < -0.3 is 14.4 Å². The Morgan fingerprint density at radius 2 is 2.28 bits per heavy atom. The zero-order valence-corrected chi connectivity index (χ0v) is 11.7. The largest absolute Gasteiger partial charge is 0.481 e. The molecule has 1 aliphatic heterocycles. The second-order valence-electron chi connectivity index (χ2n) is 4.62. The molecule has 2 unspecified atom stereocenters. The third-order valence-electron chi connectivity index (χ3n) is 3.15. The van der Waals surface area contributed by atoms with Crippen LogP contribution in [0.2, 0.25) is 0 Å². The van der Waals surface area contributed by atoms with Crippen LogP contribution in [0.3, 0.4) is 0 Å². The molecular weight excluding hydrogens is 302 g/mol. The van der Waals surface area contributed by atoms with Crippen LogP contribution in [0.5, 0.6) is 0 Å². The number of halogens is 1. The van der Waals surface area contributed by atoms with Crippen LogP contribution in [0, 0.1) is 5.92 Å². The minimum Gasteiger partial charge on any atom is -0.481 e. The summed E-state index contributed by atoms with van der Waals surface area (Å²) in [6.45, 7) is 3.73. The van der Waals surface area contributed by atoms with Gasteiger partial charge in [-0.2, -0.15) is 0 Å². The summed E-state index contributed by atoms with van der Waals surface area (Å²) < 4.78 is 6.05. The summed E-state index contributed by atoms with van der Waals surface area (Å²) >= 11 is 3.32. The third kappa shape index (κ3) is 2.05. The molecule has 2 atom stereocenters. The van der Waals surface area contributed by atoms with E-state index in [1.807, 2.05) is 13.8 Å². The highest BCUT2D eigenvalue weighted by atomic mass is 79.9. The van der Waals surface area contributed by atoms with Crippen LogP contribution in [0.4, 0.5) is 0 Å². The molecule has 18 heavy (non-hydrogen) atoms. The van der Waals surface area contributed by atoms with Crippen molar-refractivity contribution in [2.75, 3.05) is 0 Å². The average Bonchev–Trinajstić information content (AvgIpc) is 2.81. The second kappa shape index (κ2) is 4.76. The van der Waals surface area contributed by atoms with Crippen molar-refractivity contribution in [3.8, 4) is 0 Å². The predicted molar refractivity (Wildman–Crippen MR) is 66.9 cm³/mol. The van der Waals surface area contributed by atoms with Gasteiger partial charge in [0.2, 0.25) is 5.91 Å². The molecule has 2 rings (SSSR count). The number of likely N-dealkylation sites (tertiary alicyclic amines) is 1. The van der Waals surface area contributed by atoms with E-state index in [0.29, 0.717) is 10.2 Å². The number of nitrogens with zero attached hydrogens (tertiary/aromatic N) is 1. The highest BCUT2D eigenvalue weighted by Crippen LogP contribution is 2.42. The Balaban J connectivity index is 2.46. The van der Waals surface area contributed by atoms with E-state index in [1.54, 1.807) is 11.0 Å². The smallest absolute Gasteiger partial charge is 0.309 e. The van der Waals surface area contributed by atoms with Gasteiger partial charge >= 0.3 is 5.97 Å². The lowest BCUT2D eigenvalue weighted by molar-refractivity contribution is -0.143. The molecule has 0 spiro atoms. The number of rotatable bonds is 3. The summed E-state index contributed by atoms with van der Waals surface area (Å²) in [5.74, 6) is -1.38. The van der Waals surface area contributed by atoms with Crippen LogP contribution >= 0.6 is 15.9 Å². The topological polar surface area (TPSA) is 70.8 Å². The lowest BCUT2D eigenvalue weighted by Crippen LogP contribution is -2.36. The molecule has 1 aromatic rings. The molecule has 5 nitrogen and oxygen atoms in total. The fourth-order valence-electron chi connectivity index (χ4n) is 2.41. The van der Waals surface area contributed by atoms with E-state index in [9.17, 15) is 14.7 Å². The number of amides is 1. The quantitative estimate of drug-likeness (QED) is 0.930. The number of carbonyl (C=O) groups is 2. The molecule has 0 bridgehead atoms. The zero-order valence-electron chi connectivity index (χ0n) is 10.1. The Labute approximate surface area is 113 Å². The van der Waals surface area contributed by atoms with Crippen LogP contribution in [-0.4, -0.2) is 27.9 Å². The number of aliphatic carboxylic acids is 1. The van der Waals surface area contributed by atoms with Gasteiger partial charge in [0.15, 0.2) is 0 Å². The summed E-state index contributed by atoms with van der Waals surface area (Å²) in [5.41, 5.74) is 0. The molecule has 0 aromatic carbocycles. The van der Waals surface area contributed by atoms with Crippen LogP contribution in [-0.2, 0) is 9.59 Å². The molecule has 1 N–H and O–H groups in total. The monoisotopic (exact) mass is 315 g/mol. The molecule has 98 valence electrons. The number of carbonyl (C=O) groups excluding carboxylic acids is 1. The van der Waals surface area contributed by atoms with Crippen molar-refractivity contribution >= 4 is 27.8 Å². The van der Waals surface area contributed by atoms with Gasteiger partial charge in [-0.05, 0) is 35.8 Å². The predicted octanol–water partition coefficient (Wildman–Crippen LogP) is 2.42. The maximum absolute atomic E-state index is 12.0. The molecule has 1 aromatic heterocycles. The second-order valence-corrected chi connectivity index (χ2v) is 5.48. The van der Waals surface area contributed by atoms with E-state index in [1.165, 1.54) is 6.26 Å². The van der Waals surface area contributed by atoms with Crippen LogP contribution < -0.4 is 0 Å². The van der Waals surface area contributed by atoms with E-state index in [0.717, 1.165) is 0 Å². The first-order chi connectivity index (χ1) is 8.43. The van der Waals surface area contributed by atoms with Crippen molar-refractivity contribution in [3.05, 3.63) is 22.6 Å². The third-order valence-corrected chi connectivity index (χ3v) is 3.81. The van der Waals surface area contributed by atoms with Crippen molar-refractivity contribution in [2.24, 2.45) is 5.92 Å². The molecule has 0 aliphatic carbocycles. The summed E-state index contributed by atoms with van der Waals surface area (Å²) in [7, 11) is 0. The zero-order chi connectivity index (χ0) is 13.4. The molecule has 0 saturated carbocycles. The Kier molecular flexibility index (Phi) is 3.47. The number of carboxylic acid groups (broad SMARTS) is 1. The van der Waals surface area contributed by atoms with E-state index in [-0.39, 0.29) is 18.4 Å². The van der Waals surface area contributed by atoms with E-state index >= 15 is 0 Å². The summed E-state index contributed by atoms with van der Waals surface area (Å²) in [6.07, 6.45) is 1.50. The van der Waals surface area contributed by atoms with Crippen molar-refractivity contribution in [1.29, 1.82) is 0 Å². The summed E-state index contributed by atoms with van der Waals surface area (Å²) in [4.78, 5) is 24.8. The number of carboxylic acids is 1. The number of hydrogen-bond acceptors (Lipinski definition) is 3. The van der Waals surface area contributed by atoms with E-state index in [2.05, 4.69) is 15.9 Å². The molecule has 1 amide bonds. The van der Waals surface area contributed by atoms with Crippen LogP contribution in [0.15, 0.2) is 21.2 Å². The fourth-order valence-corrected chi connectivity index (χ4v) is 2.85. The Bertz CT molecular complexity index is 482. The average molecular weight is 316 g/mol. The molecule has 1 saturated heterocycles. The minimum absolute atomic E-state index is 0.0192. The standard InChI is InChI=1S/C12H14BrNO4/c1-6(2)14-9(15)5-7(12(16)17)10(14)11-8(13)3-4-18-11/h3-4,6-7,10H,5H2,1-2H3,(H,16,17). The highest BCUT2D eigenvalue weighted by Gasteiger charge is 2.47. The first kappa shape index (κ1) is 13.1. The molecular formula is C12H14BrNO4. The molecule has 1 aliphatic rings.